The molecular formula is C7H11N5O2. The van der Waals surface area contributed by atoms with E-state index in [0.717, 1.165) is 0 Å². The van der Waals surface area contributed by atoms with Gasteiger partial charge in [-0.15, -0.1) is 0 Å². The summed E-state index contributed by atoms with van der Waals surface area (Å²) in [5, 5.41) is 8.20. The molecule has 0 bridgehead atoms. The number of urea groups is 1. The van der Waals surface area contributed by atoms with Crippen molar-refractivity contribution in [2.45, 2.75) is 13.0 Å². The van der Waals surface area contributed by atoms with Crippen LogP contribution in [0.2, 0.25) is 0 Å². The fourth-order valence-electron chi connectivity index (χ4n) is 0.816. The Morgan fingerprint density at radius 1 is 1.50 bits per heavy atom. The summed E-state index contributed by atoms with van der Waals surface area (Å²) in [6.07, 6.45) is 2.73. The third-order valence-corrected chi connectivity index (χ3v) is 1.68. The second kappa shape index (κ2) is 4.35. The Kier molecular flexibility index (Phi) is 3.16. The van der Waals surface area contributed by atoms with Crippen molar-refractivity contribution < 1.29 is 9.59 Å². The largest absolute Gasteiger partial charge is 0.341 e. The van der Waals surface area contributed by atoms with Crippen LogP contribution in [-0.4, -0.2) is 33.8 Å². The summed E-state index contributed by atoms with van der Waals surface area (Å²) in [5.41, 5.74) is 0. The molecule has 76 valence electrons. The van der Waals surface area contributed by atoms with Gasteiger partial charge in [-0.2, -0.15) is 5.10 Å². The molecule has 1 unspecified atom stereocenters. The maximum Gasteiger partial charge on any atom is 0.321 e. The molecule has 0 saturated heterocycles. The molecule has 0 aliphatic carbocycles. The van der Waals surface area contributed by atoms with Crippen molar-refractivity contribution >= 4 is 11.9 Å². The standard InChI is InChI=1S/C7H11N5O2/c1-5(12-4-9-3-10-12)6(13)11-7(14)8-2/h3-5H,1-2H3,(H2,8,11,13,14). The Balaban J connectivity index is 2.58. The van der Waals surface area contributed by atoms with Crippen LogP contribution in [0.3, 0.4) is 0 Å². The predicted molar refractivity (Wildman–Crippen MR) is 47.3 cm³/mol. The summed E-state index contributed by atoms with van der Waals surface area (Å²) in [7, 11) is 1.43. The summed E-state index contributed by atoms with van der Waals surface area (Å²) in [4.78, 5) is 25.9. The molecule has 1 atom stereocenters. The zero-order valence-corrected chi connectivity index (χ0v) is 7.89. The van der Waals surface area contributed by atoms with Gasteiger partial charge in [0.15, 0.2) is 0 Å². The quantitative estimate of drug-likeness (QED) is 0.655. The summed E-state index contributed by atoms with van der Waals surface area (Å²) >= 11 is 0. The van der Waals surface area contributed by atoms with Crippen LogP contribution in [0.4, 0.5) is 4.79 Å². The summed E-state index contributed by atoms with van der Waals surface area (Å²) < 4.78 is 1.36. The minimum Gasteiger partial charge on any atom is -0.341 e. The highest BCUT2D eigenvalue weighted by Gasteiger charge is 2.16. The number of aromatic nitrogens is 3. The van der Waals surface area contributed by atoms with Gasteiger partial charge < -0.3 is 5.32 Å². The van der Waals surface area contributed by atoms with Gasteiger partial charge >= 0.3 is 6.03 Å². The van der Waals surface area contributed by atoms with E-state index in [9.17, 15) is 9.59 Å². The van der Waals surface area contributed by atoms with Crippen LogP contribution in [0.25, 0.3) is 0 Å². The zero-order chi connectivity index (χ0) is 10.6. The van der Waals surface area contributed by atoms with Crippen LogP contribution in [0.1, 0.15) is 13.0 Å². The second-order valence-corrected chi connectivity index (χ2v) is 2.62. The fourth-order valence-corrected chi connectivity index (χ4v) is 0.816. The summed E-state index contributed by atoms with van der Waals surface area (Å²) in [5.74, 6) is -0.435. The lowest BCUT2D eigenvalue weighted by Crippen LogP contribution is -2.40. The lowest BCUT2D eigenvalue weighted by atomic mass is 10.3. The van der Waals surface area contributed by atoms with Crippen molar-refractivity contribution in [2.75, 3.05) is 7.05 Å². The number of rotatable bonds is 2. The monoisotopic (exact) mass is 197 g/mol. The number of carbonyl (C=O) groups is 2. The third-order valence-electron chi connectivity index (χ3n) is 1.68. The molecule has 0 aliphatic rings. The molecule has 0 aliphatic heterocycles. The van der Waals surface area contributed by atoms with Gasteiger partial charge in [-0.1, -0.05) is 0 Å². The number of imide groups is 1. The van der Waals surface area contributed by atoms with Crippen LogP contribution in [0, 0.1) is 0 Å². The van der Waals surface area contributed by atoms with Gasteiger partial charge in [0.2, 0.25) is 0 Å². The first-order valence-corrected chi connectivity index (χ1v) is 4.02. The lowest BCUT2D eigenvalue weighted by Gasteiger charge is -2.10. The molecule has 1 aromatic rings. The smallest absolute Gasteiger partial charge is 0.321 e. The Labute approximate surface area is 80.5 Å². The Morgan fingerprint density at radius 2 is 2.21 bits per heavy atom. The topological polar surface area (TPSA) is 88.9 Å². The predicted octanol–water partition coefficient (Wildman–Crippen LogP) is -0.705. The molecule has 0 fully saturated rings. The Bertz CT molecular complexity index is 321. The van der Waals surface area contributed by atoms with Crippen molar-refractivity contribution in [2.24, 2.45) is 0 Å². The number of hydrogen-bond donors (Lipinski definition) is 2. The van der Waals surface area contributed by atoms with Gasteiger partial charge in [0.25, 0.3) is 5.91 Å². The maximum atomic E-state index is 11.4. The molecule has 0 aromatic carbocycles. The third kappa shape index (κ3) is 2.28. The van der Waals surface area contributed by atoms with Crippen molar-refractivity contribution in [3.8, 4) is 0 Å². The van der Waals surface area contributed by atoms with Crippen LogP contribution in [0.5, 0.6) is 0 Å². The fraction of sp³-hybridized carbons (Fsp3) is 0.429. The van der Waals surface area contributed by atoms with Crippen LogP contribution in [-0.2, 0) is 4.79 Å². The maximum absolute atomic E-state index is 11.4. The van der Waals surface area contributed by atoms with E-state index in [1.54, 1.807) is 6.92 Å². The Hall–Kier alpha value is -1.92. The second-order valence-electron chi connectivity index (χ2n) is 2.62. The van der Waals surface area contributed by atoms with Gasteiger partial charge in [-0.25, -0.2) is 14.5 Å². The average Bonchev–Trinajstić information content (AvgIpc) is 2.69. The first-order chi connectivity index (χ1) is 6.65. The van der Waals surface area contributed by atoms with E-state index < -0.39 is 18.0 Å². The number of amides is 3. The molecule has 0 radical (unpaired) electrons. The van der Waals surface area contributed by atoms with Crippen molar-refractivity contribution in [1.82, 2.24) is 25.4 Å². The van der Waals surface area contributed by atoms with Crippen molar-refractivity contribution in [3.05, 3.63) is 12.7 Å². The first-order valence-electron chi connectivity index (χ1n) is 4.02. The number of nitrogens with zero attached hydrogens (tertiary/aromatic N) is 3. The molecule has 1 aromatic heterocycles. The molecule has 0 spiro atoms. The van der Waals surface area contributed by atoms with E-state index in [1.807, 2.05) is 0 Å². The van der Waals surface area contributed by atoms with E-state index in [2.05, 4.69) is 20.7 Å². The lowest BCUT2D eigenvalue weighted by molar-refractivity contribution is -0.123. The number of carbonyl (C=O) groups excluding carboxylic acids is 2. The highest BCUT2D eigenvalue weighted by Crippen LogP contribution is 2.00. The van der Waals surface area contributed by atoms with Crippen molar-refractivity contribution in [1.29, 1.82) is 0 Å². The minimum absolute atomic E-state index is 0.435. The van der Waals surface area contributed by atoms with Gasteiger partial charge in [0.1, 0.15) is 18.7 Å². The SMILES string of the molecule is CNC(=O)NC(=O)C(C)n1cncn1. The van der Waals surface area contributed by atoms with Gasteiger partial charge in [-0.05, 0) is 6.92 Å². The molecule has 2 N–H and O–H groups in total. The molecule has 7 heteroatoms. The average molecular weight is 197 g/mol. The number of hydrogen-bond acceptors (Lipinski definition) is 4. The van der Waals surface area contributed by atoms with E-state index >= 15 is 0 Å². The van der Waals surface area contributed by atoms with Crippen LogP contribution >= 0.6 is 0 Å². The van der Waals surface area contributed by atoms with Gasteiger partial charge in [0, 0.05) is 7.05 Å². The molecule has 1 heterocycles. The first kappa shape index (κ1) is 10.2. The van der Waals surface area contributed by atoms with Crippen LogP contribution < -0.4 is 10.6 Å². The molecule has 14 heavy (non-hydrogen) atoms. The zero-order valence-electron chi connectivity index (χ0n) is 7.89. The molecule has 0 saturated carbocycles. The minimum atomic E-state index is -0.560. The van der Waals surface area contributed by atoms with Gasteiger partial charge in [0.05, 0.1) is 0 Å². The number of nitrogens with one attached hydrogen (secondary N) is 2. The molecular weight excluding hydrogens is 186 g/mol. The summed E-state index contributed by atoms with van der Waals surface area (Å²) in [6, 6.07) is -1.10. The molecule has 7 nitrogen and oxygen atoms in total. The van der Waals surface area contributed by atoms with E-state index in [-0.39, 0.29) is 0 Å². The highest BCUT2D eigenvalue weighted by molar-refractivity contribution is 5.95. The van der Waals surface area contributed by atoms with Crippen LogP contribution in [0.15, 0.2) is 12.7 Å². The van der Waals surface area contributed by atoms with Gasteiger partial charge in [-0.3, -0.25) is 10.1 Å². The molecule has 1 rings (SSSR count). The van der Waals surface area contributed by atoms with Crippen molar-refractivity contribution in [3.63, 3.8) is 0 Å². The normalized spacial score (nSPS) is 11.9. The highest BCUT2D eigenvalue weighted by atomic mass is 16.2. The van der Waals surface area contributed by atoms with E-state index in [1.165, 1.54) is 24.4 Å². The summed E-state index contributed by atoms with van der Waals surface area (Å²) in [6.45, 7) is 1.62. The van der Waals surface area contributed by atoms with E-state index in [0.29, 0.717) is 0 Å². The molecule has 3 amide bonds. The Morgan fingerprint density at radius 3 is 2.71 bits per heavy atom. The van der Waals surface area contributed by atoms with E-state index in [4.69, 9.17) is 0 Å².